The van der Waals surface area contributed by atoms with E-state index in [1.807, 2.05) is 0 Å². The van der Waals surface area contributed by atoms with Gasteiger partial charge in [0.05, 0.1) is 47.0 Å². The van der Waals surface area contributed by atoms with Gasteiger partial charge in [0.2, 0.25) is 5.69 Å². The van der Waals surface area contributed by atoms with Gasteiger partial charge in [-0.2, -0.15) is 32.5 Å². The van der Waals surface area contributed by atoms with Crippen molar-refractivity contribution in [2.75, 3.05) is 6.61 Å². The monoisotopic (exact) mass is 615 g/mol. The van der Waals surface area contributed by atoms with Crippen molar-refractivity contribution < 1.29 is 31.4 Å². The topological polar surface area (TPSA) is 115 Å². The molecule has 0 aliphatic carbocycles. The summed E-state index contributed by atoms with van der Waals surface area (Å²) in [5.74, 6) is -0.834. The highest BCUT2D eigenvalue weighted by molar-refractivity contribution is 6.31. The van der Waals surface area contributed by atoms with Crippen molar-refractivity contribution in [3.05, 3.63) is 82.1 Å². The Balaban J connectivity index is 1.53. The first kappa shape index (κ1) is 28.4. The molecular weight excluding hydrogens is 600 g/mol. The number of alkyl halides is 4. The highest BCUT2D eigenvalue weighted by Gasteiger charge is 2.26. The summed E-state index contributed by atoms with van der Waals surface area (Å²) in [6.45, 7) is -6.46. The van der Waals surface area contributed by atoms with Gasteiger partial charge in [-0.15, -0.1) is 15.0 Å². The second-order valence-electron chi connectivity index (χ2n) is 8.38. The maximum atomic E-state index is 15.3. The number of benzene rings is 1. The van der Waals surface area contributed by atoms with E-state index in [4.69, 9.17) is 23.2 Å². The summed E-state index contributed by atoms with van der Waals surface area (Å²) in [4.78, 5) is 0.210. The van der Waals surface area contributed by atoms with Crippen LogP contribution in [-0.2, 0) is 4.74 Å². The lowest BCUT2D eigenvalue weighted by atomic mass is 10.0. The van der Waals surface area contributed by atoms with Crippen LogP contribution in [0.4, 0.5) is 22.0 Å². The van der Waals surface area contributed by atoms with E-state index in [9.17, 15) is 22.8 Å². The van der Waals surface area contributed by atoms with E-state index >= 15 is 4.39 Å². The van der Waals surface area contributed by atoms with Crippen molar-refractivity contribution in [3.8, 4) is 28.1 Å². The molecule has 0 fully saturated rings. The number of ether oxygens (including phenoxy) is 1. The van der Waals surface area contributed by atoms with Gasteiger partial charge in [0, 0.05) is 24.2 Å². The smallest absolute Gasteiger partial charge is 0.348 e. The molecule has 0 saturated carbocycles. The Morgan fingerprint density at radius 1 is 1.00 bits per heavy atom. The summed E-state index contributed by atoms with van der Waals surface area (Å²) in [6.07, 6.45) is 6.06. The number of pyridine rings is 1. The predicted octanol–water partition coefficient (Wildman–Crippen LogP) is 5.08. The largest absolute Gasteiger partial charge is 0.618 e. The minimum Gasteiger partial charge on any atom is -0.618 e. The van der Waals surface area contributed by atoms with E-state index in [0.717, 1.165) is 12.4 Å². The average Bonchev–Trinajstić information content (AvgIpc) is 3.69. The molecule has 11 nitrogen and oxygen atoms in total. The van der Waals surface area contributed by atoms with E-state index in [2.05, 4.69) is 30.3 Å². The third-order valence-electron chi connectivity index (χ3n) is 5.89. The quantitative estimate of drug-likeness (QED) is 0.122. The maximum Gasteiger partial charge on any atom is 0.348 e. The van der Waals surface area contributed by atoms with Crippen LogP contribution >= 0.6 is 23.2 Å². The van der Waals surface area contributed by atoms with Crippen molar-refractivity contribution in [1.82, 2.24) is 39.8 Å². The standard InChI is InChI=1S/C23H16Cl2F5N9O2/c24-14-2-4-18(37-11-19(25)33-35-37)20(21(14)26)12-1-3-17(38(40)10-12)16(5-6-41-23(29)30)36-9-13(7-31-36)15-8-32-39(34-15)22(27)28/h1-4,7-11,16,22-23H,5-6H2. The Labute approximate surface area is 236 Å². The van der Waals surface area contributed by atoms with Crippen molar-refractivity contribution in [3.63, 3.8) is 0 Å². The van der Waals surface area contributed by atoms with Crippen LogP contribution in [0.25, 0.3) is 28.1 Å². The number of aromatic nitrogens is 9. The fourth-order valence-electron chi connectivity index (χ4n) is 4.09. The predicted molar refractivity (Wildman–Crippen MR) is 133 cm³/mol. The molecule has 5 aromatic rings. The van der Waals surface area contributed by atoms with Crippen LogP contribution < -0.4 is 4.73 Å². The van der Waals surface area contributed by atoms with Gasteiger partial charge in [-0.25, -0.2) is 9.07 Å². The number of hydrogen-bond donors (Lipinski definition) is 0. The van der Waals surface area contributed by atoms with Crippen LogP contribution in [0.3, 0.4) is 0 Å². The Kier molecular flexibility index (Phi) is 8.14. The molecule has 214 valence electrons. The van der Waals surface area contributed by atoms with E-state index in [0.29, 0.717) is 4.73 Å². The van der Waals surface area contributed by atoms with Gasteiger partial charge in [-0.1, -0.05) is 28.4 Å². The first-order valence-corrected chi connectivity index (χ1v) is 12.3. The summed E-state index contributed by atoms with van der Waals surface area (Å²) in [5, 5.41) is 32.0. The van der Waals surface area contributed by atoms with E-state index in [-0.39, 0.29) is 55.2 Å². The lowest BCUT2D eigenvalue weighted by Gasteiger charge is -2.18. The number of nitrogens with zero attached hydrogens (tertiary/aromatic N) is 9. The van der Waals surface area contributed by atoms with Crippen LogP contribution in [0.1, 0.15) is 24.7 Å². The minimum atomic E-state index is -3.05. The molecule has 1 aromatic carbocycles. The number of hydrogen-bond acceptors (Lipinski definition) is 7. The molecule has 0 bridgehead atoms. The van der Waals surface area contributed by atoms with Crippen LogP contribution in [0, 0.1) is 11.0 Å². The van der Waals surface area contributed by atoms with Gasteiger partial charge in [0.25, 0.3) is 0 Å². The maximum absolute atomic E-state index is 15.3. The molecule has 4 aromatic heterocycles. The fraction of sp³-hybridized carbons (Fsp3) is 0.217. The van der Waals surface area contributed by atoms with Crippen molar-refractivity contribution in [1.29, 1.82) is 0 Å². The third-order valence-corrected chi connectivity index (χ3v) is 6.36. The summed E-state index contributed by atoms with van der Waals surface area (Å²) < 4.78 is 73.7. The lowest BCUT2D eigenvalue weighted by molar-refractivity contribution is -0.615. The van der Waals surface area contributed by atoms with Crippen LogP contribution in [-0.4, -0.2) is 53.0 Å². The van der Waals surface area contributed by atoms with Gasteiger partial charge >= 0.3 is 13.2 Å². The summed E-state index contributed by atoms with van der Waals surface area (Å²) in [5.41, 5.74) is 0.610. The second-order valence-corrected chi connectivity index (χ2v) is 9.18. The Bertz CT molecular complexity index is 1680. The first-order valence-electron chi connectivity index (χ1n) is 11.6. The Hall–Kier alpha value is -4.15. The molecule has 1 atom stereocenters. The Morgan fingerprint density at radius 2 is 1.80 bits per heavy atom. The van der Waals surface area contributed by atoms with Gasteiger partial charge in [-0.3, -0.25) is 4.68 Å². The first-order chi connectivity index (χ1) is 19.6. The molecule has 0 radical (unpaired) electrons. The molecule has 0 saturated heterocycles. The van der Waals surface area contributed by atoms with Gasteiger partial charge < -0.3 is 9.94 Å². The lowest BCUT2D eigenvalue weighted by Crippen LogP contribution is -2.36. The Morgan fingerprint density at radius 3 is 2.46 bits per heavy atom. The van der Waals surface area contributed by atoms with Gasteiger partial charge in [0.1, 0.15) is 11.7 Å². The molecule has 18 heteroatoms. The zero-order valence-electron chi connectivity index (χ0n) is 20.3. The summed E-state index contributed by atoms with van der Waals surface area (Å²) >= 11 is 11.9. The van der Waals surface area contributed by atoms with Crippen LogP contribution in [0.15, 0.2) is 55.2 Å². The molecule has 41 heavy (non-hydrogen) atoms. The zero-order valence-corrected chi connectivity index (χ0v) is 21.8. The SMILES string of the molecule is [O-][n+]1cc(-c2c(-n3cc(Cl)nn3)ccc(Cl)c2F)ccc1C(CCOC(F)F)n1cc(-c2cnn(C(F)F)n2)cn1. The van der Waals surface area contributed by atoms with Crippen molar-refractivity contribution >= 4 is 23.2 Å². The highest BCUT2D eigenvalue weighted by Crippen LogP contribution is 2.34. The molecule has 0 aliphatic rings. The highest BCUT2D eigenvalue weighted by atomic mass is 35.5. The molecule has 0 aliphatic heterocycles. The molecular formula is C23H16Cl2F5N9O2. The summed E-state index contributed by atoms with van der Waals surface area (Å²) in [7, 11) is 0. The summed E-state index contributed by atoms with van der Waals surface area (Å²) in [6, 6.07) is 4.60. The molecule has 0 spiro atoms. The van der Waals surface area contributed by atoms with E-state index in [1.165, 1.54) is 52.2 Å². The molecule has 0 amide bonds. The van der Waals surface area contributed by atoms with Gasteiger partial charge in [-0.05, 0) is 18.2 Å². The van der Waals surface area contributed by atoms with Crippen molar-refractivity contribution in [2.24, 2.45) is 0 Å². The fourth-order valence-corrected chi connectivity index (χ4v) is 4.38. The molecule has 5 rings (SSSR count). The minimum absolute atomic E-state index is 0.0327. The normalized spacial score (nSPS) is 12.5. The van der Waals surface area contributed by atoms with Gasteiger partial charge in [0.15, 0.2) is 17.2 Å². The molecule has 4 heterocycles. The molecule has 0 N–H and O–H groups in total. The average molecular weight is 616 g/mol. The second kappa shape index (κ2) is 11.8. The zero-order chi connectivity index (χ0) is 29.3. The number of rotatable bonds is 10. The van der Waals surface area contributed by atoms with E-state index < -0.39 is 31.6 Å². The van der Waals surface area contributed by atoms with Crippen LogP contribution in [0.2, 0.25) is 10.2 Å². The molecule has 1 unspecified atom stereocenters. The van der Waals surface area contributed by atoms with E-state index in [1.54, 1.807) is 0 Å². The van der Waals surface area contributed by atoms with Crippen molar-refractivity contribution in [2.45, 2.75) is 25.6 Å². The number of halogens is 7. The van der Waals surface area contributed by atoms with Crippen LogP contribution in [0.5, 0.6) is 0 Å². The third kappa shape index (κ3) is 5.98.